The molecule has 0 fully saturated rings. The van der Waals surface area contributed by atoms with Crippen LogP contribution >= 0.6 is 11.3 Å². The van der Waals surface area contributed by atoms with Crippen molar-refractivity contribution in [3.05, 3.63) is 75.9 Å². The summed E-state index contributed by atoms with van der Waals surface area (Å²) in [5.74, 6) is -0.339. The minimum Gasteiger partial charge on any atom is -0.504 e. The van der Waals surface area contributed by atoms with Crippen LogP contribution in [0.15, 0.2) is 58.8 Å². The lowest BCUT2D eigenvalue weighted by atomic mass is 10.1. The molecule has 0 bridgehead atoms. The van der Waals surface area contributed by atoms with E-state index in [0.717, 1.165) is 10.6 Å². The molecule has 8 nitrogen and oxygen atoms in total. The van der Waals surface area contributed by atoms with E-state index in [1.807, 2.05) is 5.38 Å². The minimum absolute atomic E-state index is 0.0437. The van der Waals surface area contributed by atoms with Gasteiger partial charge in [0.15, 0.2) is 11.5 Å². The summed E-state index contributed by atoms with van der Waals surface area (Å²) in [6.45, 7) is 3.55. The molecule has 32 heavy (non-hydrogen) atoms. The lowest BCUT2D eigenvalue weighted by Crippen LogP contribution is -2.15. The average molecular weight is 469 g/mol. The van der Waals surface area contributed by atoms with Gasteiger partial charge in [0.25, 0.3) is 10.0 Å². The van der Waals surface area contributed by atoms with E-state index in [9.17, 15) is 18.6 Å². The molecule has 2 aromatic heterocycles. The van der Waals surface area contributed by atoms with Crippen LogP contribution in [0.25, 0.3) is 11.3 Å². The topological polar surface area (TPSA) is 125 Å². The van der Waals surface area contributed by atoms with Crippen molar-refractivity contribution in [1.82, 2.24) is 15.0 Å². The van der Waals surface area contributed by atoms with E-state index in [-0.39, 0.29) is 22.3 Å². The largest absolute Gasteiger partial charge is 0.504 e. The number of rotatable bonds is 6. The van der Waals surface area contributed by atoms with E-state index < -0.39 is 10.0 Å². The fourth-order valence-electron chi connectivity index (χ4n) is 3.12. The summed E-state index contributed by atoms with van der Waals surface area (Å²) in [6, 6.07) is 12.9. The zero-order chi connectivity index (χ0) is 22.9. The Labute approximate surface area is 189 Å². The third-order valence-electron chi connectivity index (χ3n) is 4.62. The third-order valence-corrected chi connectivity index (χ3v) is 6.81. The second-order valence-electron chi connectivity index (χ2n) is 7.23. The lowest BCUT2D eigenvalue weighted by molar-refractivity contribution is 0.404. The van der Waals surface area contributed by atoms with Crippen molar-refractivity contribution in [2.45, 2.75) is 25.2 Å². The summed E-state index contributed by atoms with van der Waals surface area (Å²) >= 11 is 1.46. The van der Waals surface area contributed by atoms with Crippen LogP contribution in [0.3, 0.4) is 0 Å². The Balaban J connectivity index is 1.48. The van der Waals surface area contributed by atoms with Crippen molar-refractivity contribution in [3.63, 3.8) is 0 Å². The Kier molecular flexibility index (Phi) is 5.81. The number of sulfonamides is 1. The van der Waals surface area contributed by atoms with Gasteiger partial charge >= 0.3 is 0 Å². The maximum absolute atomic E-state index is 12.7. The lowest BCUT2D eigenvalue weighted by Gasteiger charge is -2.08. The number of hydrogen-bond acceptors (Lipinski definition) is 8. The highest BCUT2D eigenvalue weighted by molar-refractivity contribution is 7.92. The molecule has 3 N–H and O–H groups in total. The molecule has 2 aromatic carbocycles. The number of aromatic nitrogens is 3. The smallest absolute Gasteiger partial charge is 0.264 e. The molecule has 0 aliphatic rings. The van der Waals surface area contributed by atoms with Crippen LogP contribution in [0.4, 0.5) is 5.95 Å². The summed E-state index contributed by atoms with van der Waals surface area (Å²) in [4.78, 5) is 12.9. The molecule has 164 valence electrons. The molecule has 0 spiro atoms. The zero-order valence-electron chi connectivity index (χ0n) is 17.3. The van der Waals surface area contributed by atoms with Crippen LogP contribution in [-0.4, -0.2) is 33.6 Å². The number of phenolic OH excluding ortho intramolecular Hbond substituents is 2. The summed E-state index contributed by atoms with van der Waals surface area (Å²) in [7, 11) is -3.81. The number of hydrogen-bond donors (Lipinski definition) is 3. The van der Waals surface area contributed by atoms with Gasteiger partial charge in [-0.15, -0.1) is 11.3 Å². The Morgan fingerprint density at radius 3 is 2.25 bits per heavy atom. The molecule has 0 unspecified atom stereocenters. The fraction of sp³-hybridized carbons (Fsp3) is 0.136. The molecule has 4 aromatic rings. The highest BCUT2D eigenvalue weighted by Gasteiger charge is 2.16. The van der Waals surface area contributed by atoms with Gasteiger partial charge < -0.3 is 10.2 Å². The first-order chi connectivity index (χ1) is 15.2. The molecule has 0 amide bonds. The summed E-state index contributed by atoms with van der Waals surface area (Å²) in [5, 5.41) is 21.8. The SMILES string of the molecule is Cc1cc(C)nc(NS(=O)(=O)c2ccc(Cc3nc(-c4ccc(O)c(O)c4)cs3)cc2)n1. The third kappa shape index (κ3) is 4.87. The number of nitrogens with one attached hydrogen (secondary N) is 1. The van der Waals surface area contributed by atoms with E-state index in [4.69, 9.17) is 0 Å². The van der Waals surface area contributed by atoms with Gasteiger partial charge in [-0.25, -0.2) is 28.1 Å². The van der Waals surface area contributed by atoms with Crippen LogP contribution in [0.5, 0.6) is 11.5 Å². The second kappa shape index (κ2) is 8.56. The Bertz CT molecular complexity index is 1360. The van der Waals surface area contributed by atoms with Gasteiger partial charge in [-0.1, -0.05) is 12.1 Å². The number of nitrogens with zero attached hydrogens (tertiary/aromatic N) is 3. The highest BCUT2D eigenvalue weighted by Crippen LogP contribution is 2.31. The molecule has 4 rings (SSSR count). The predicted octanol–water partition coefficient (Wildman–Crippen LogP) is 4.02. The van der Waals surface area contributed by atoms with Crippen molar-refractivity contribution in [2.75, 3.05) is 4.72 Å². The molecule has 0 saturated carbocycles. The van der Waals surface area contributed by atoms with E-state index in [2.05, 4.69) is 19.7 Å². The standard InChI is InChI=1S/C22H20N4O4S2/c1-13-9-14(2)24-22(23-13)26-32(29,30)17-6-3-15(4-7-17)10-21-25-18(12-31-21)16-5-8-19(27)20(28)11-16/h3-9,11-12,27-28H,10H2,1-2H3,(H,23,24,26). The van der Waals surface area contributed by atoms with E-state index in [1.54, 1.807) is 38.1 Å². The zero-order valence-corrected chi connectivity index (χ0v) is 18.9. The molecule has 2 heterocycles. The molecular weight excluding hydrogens is 448 g/mol. The van der Waals surface area contributed by atoms with Gasteiger partial charge in [-0.2, -0.15) is 0 Å². The van der Waals surface area contributed by atoms with E-state index in [1.165, 1.54) is 35.6 Å². The molecule has 10 heteroatoms. The first-order valence-electron chi connectivity index (χ1n) is 9.60. The van der Waals surface area contributed by atoms with Gasteiger partial charge in [0.1, 0.15) is 0 Å². The number of phenols is 2. The normalized spacial score (nSPS) is 11.4. The van der Waals surface area contributed by atoms with Gasteiger partial charge in [0.05, 0.1) is 15.6 Å². The van der Waals surface area contributed by atoms with Gasteiger partial charge in [0, 0.05) is 28.8 Å². The van der Waals surface area contributed by atoms with Crippen molar-refractivity contribution in [3.8, 4) is 22.8 Å². The van der Waals surface area contributed by atoms with Crippen molar-refractivity contribution in [2.24, 2.45) is 0 Å². The fourth-order valence-corrected chi connectivity index (χ4v) is 4.90. The summed E-state index contributed by atoms with van der Waals surface area (Å²) in [6.07, 6.45) is 0.530. The maximum Gasteiger partial charge on any atom is 0.264 e. The molecule has 0 aliphatic carbocycles. The molecule has 0 saturated heterocycles. The number of anilines is 1. The molecule has 0 atom stereocenters. The van der Waals surface area contributed by atoms with Crippen molar-refractivity contribution in [1.29, 1.82) is 0 Å². The maximum atomic E-state index is 12.7. The number of aryl methyl sites for hydroxylation is 2. The first-order valence-corrected chi connectivity index (χ1v) is 12.0. The Morgan fingerprint density at radius 2 is 1.59 bits per heavy atom. The van der Waals surface area contributed by atoms with E-state index >= 15 is 0 Å². The van der Waals surface area contributed by atoms with Gasteiger partial charge in [-0.3, -0.25) is 0 Å². The monoisotopic (exact) mass is 468 g/mol. The highest BCUT2D eigenvalue weighted by atomic mass is 32.2. The Hall–Kier alpha value is -3.50. The number of benzene rings is 2. The number of thiazole rings is 1. The average Bonchev–Trinajstić information content (AvgIpc) is 3.18. The molecule has 0 aliphatic heterocycles. The van der Waals surface area contributed by atoms with Crippen LogP contribution in [0.1, 0.15) is 22.0 Å². The summed E-state index contributed by atoms with van der Waals surface area (Å²) < 4.78 is 27.7. The van der Waals surface area contributed by atoms with Crippen molar-refractivity contribution < 1.29 is 18.6 Å². The van der Waals surface area contributed by atoms with E-state index in [0.29, 0.717) is 29.1 Å². The predicted molar refractivity (Wildman–Crippen MR) is 122 cm³/mol. The van der Waals surface area contributed by atoms with Crippen molar-refractivity contribution >= 4 is 27.3 Å². The second-order valence-corrected chi connectivity index (χ2v) is 9.86. The molecule has 0 radical (unpaired) electrons. The van der Waals surface area contributed by atoms with Crippen LogP contribution < -0.4 is 4.72 Å². The Morgan fingerprint density at radius 1 is 0.906 bits per heavy atom. The minimum atomic E-state index is -3.81. The summed E-state index contributed by atoms with van der Waals surface area (Å²) in [5.41, 5.74) is 3.65. The molecular formula is C22H20N4O4S2. The van der Waals surface area contributed by atoms with Crippen LogP contribution in [-0.2, 0) is 16.4 Å². The van der Waals surface area contributed by atoms with Gasteiger partial charge in [-0.05, 0) is 55.8 Å². The van der Waals surface area contributed by atoms with Crippen LogP contribution in [0, 0.1) is 13.8 Å². The number of aromatic hydroxyl groups is 2. The van der Waals surface area contributed by atoms with Crippen LogP contribution in [0.2, 0.25) is 0 Å². The van der Waals surface area contributed by atoms with Gasteiger partial charge in [0.2, 0.25) is 5.95 Å². The quantitative estimate of drug-likeness (QED) is 0.365. The first kappa shape index (κ1) is 21.7.